The van der Waals surface area contributed by atoms with E-state index in [9.17, 15) is 9.90 Å². The first kappa shape index (κ1) is 13.3. The van der Waals surface area contributed by atoms with E-state index in [0.29, 0.717) is 0 Å². The van der Waals surface area contributed by atoms with Crippen molar-refractivity contribution in [2.45, 2.75) is 31.7 Å². The Labute approximate surface area is 81.7 Å². The maximum absolute atomic E-state index is 10.9. The van der Waals surface area contributed by atoms with Gasteiger partial charge in [0.2, 0.25) is 0 Å². The van der Waals surface area contributed by atoms with Crippen molar-refractivity contribution in [3.05, 3.63) is 0 Å². The fourth-order valence-electron chi connectivity index (χ4n) is 0.867. The molecule has 0 saturated carbocycles. The van der Waals surface area contributed by atoms with Crippen LogP contribution in [0.3, 0.4) is 0 Å². The van der Waals surface area contributed by atoms with Gasteiger partial charge in [-0.25, -0.2) is 4.79 Å². The number of hydrogen-bond acceptors (Lipinski definition) is 6. The summed E-state index contributed by atoms with van der Waals surface area (Å²) in [6.45, 7) is 1.14. The molecule has 14 heavy (non-hydrogen) atoms. The number of esters is 1. The SMILES string of the molecule is CCOC(=O)[C@@H](O)[C@H](O)C[C@H](O)CO. The van der Waals surface area contributed by atoms with Gasteiger partial charge >= 0.3 is 5.97 Å². The van der Waals surface area contributed by atoms with Gasteiger partial charge in [-0.1, -0.05) is 0 Å². The van der Waals surface area contributed by atoms with E-state index < -0.39 is 30.9 Å². The smallest absolute Gasteiger partial charge is 0.337 e. The molecule has 84 valence electrons. The molecule has 3 atom stereocenters. The summed E-state index contributed by atoms with van der Waals surface area (Å²) in [5, 5.41) is 35.7. The molecule has 0 heterocycles. The molecule has 0 spiro atoms. The van der Waals surface area contributed by atoms with Crippen molar-refractivity contribution >= 4 is 5.97 Å². The molecule has 0 rings (SSSR count). The molecule has 4 N–H and O–H groups in total. The van der Waals surface area contributed by atoms with Gasteiger partial charge in [-0.05, 0) is 6.92 Å². The van der Waals surface area contributed by atoms with E-state index in [4.69, 9.17) is 15.3 Å². The van der Waals surface area contributed by atoms with Gasteiger partial charge in [0, 0.05) is 6.42 Å². The second-order valence-corrected chi connectivity index (χ2v) is 2.84. The number of rotatable bonds is 6. The maximum Gasteiger partial charge on any atom is 0.337 e. The molecule has 0 fully saturated rings. The summed E-state index contributed by atoms with van der Waals surface area (Å²) in [6, 6.07) is 0. The molecule has 0 amide bonds. The standard InChI is InChI=1S/C8H16O6/c1-2-14-8(13)7(12)6(11)3-5(10)4-9/h5-7,9-12H,2-4H2,1H3/t5-,6+,7-/m0/s1. The van der Waals surface area contributed by atoms with E-state index in [2.05, 4.69) is 4.74 Å². The van der Waals surface area contributed by atoms with Crippen molar-refractivity contribution in [1.82, 2.24) is 0 Å². The number of ether oxygens (including phenoxy) is 1. The van der Waals surface area contributed by atoms with E-state index >= 15 is 0 Å². The Balaban J connectivity index is 3.97. The predicted molar refractivity (Wildman–Crippen MR) is 46.4 cm³/mol. The van der Waals surface area contributed by atoms with Crippen molar-refractivity contribution in [1.29, 1.82) is 0 Å². The third-order valence-corrected chi connectivity index (χ3v) is 1.62. The van der Waals surface area contributed by atoms with E-state index in [1.54, 1.807) is 6.92 Å². The van der Waals surface area contributed by atoms with Crippen molar-refractivity contribution in [2.75, 3.05) is 13.2 Å². The number of carbonyl (C=O) groups is 1. The third kappa shape index (κ3) is 4.52. The molecule has 0 bridgehead atoms. The molecule has 6 heteroatoms. The van der Waals surface area contributed by atoms with Crippen LogP contribution in [0.25, 0.3) is 0 Å². The number of aliphatic hydroxyl groups excluding tert-OH is 4. The average Bonchev–Trinajstić information content (AvgIpc) is 2.16. The van der Waals surface area contributed by atoms with Gasteiger partial charge in [-0.2, -0.15) is 0 Å². The second kappa shape index (κ2) is 6.72. The van der Waals surface area contributed by atoms with Gasteiger partial charge in [0.1, 0.15) is 0 Å². The third-order valence-electron chi connectivity index (χ3n) is 1.62. The highest BCUT2D eigenvalue weighted by Gasteiger charge is 2.27. The Morgan fingerprint density at radius 2 is 1.93 bits per heavy atom. The topological polar surface area (TPSA) is 107 Å². The Morgan fingerprint density at radius 1 is 1.36 bits per heavy atom. The van der Waals surface area contributed by atoms with Gasteiger partial charge < -0.3 is 25.2 Å². The largest absolute Gasteiger partial charge is 0.464 e. The Morgan fingerprint density at radius 3 is 2.36 bits per heavy atom. The second-order valence-electron chi connectivity index (χ2n) is 2.84. The Bertz CT molecular complexity index is 171. The zero-order valence-electron chi connectivity index (χ0n) is 7.96. The first-order chi connectivity index (χ1) is 6.52. The van der Waals surface area contributed by atoms with Gasteiger partial charge in [0.05, 0.1) is 25.4 Å². The summed E-state index contributed by atoms with van der Waals surface area (Å²) in [5.74, 6) is -0.940. The van der Waals surface area contributed by atoms with E-state index in [0.717, 1.165) is 0 Å². The zero-order chi connectivity index (χ0) is 11.1. The zero-order valence-corrected chi connectivity index (χ0v) is 7.96. The van der Waals surface area contributed by atoms with Crippen LogP contribution in [-0.4, -0.2) is 57.9 Å². The summed E-state index contributed by atoms with van der Waals surface area (Å²) in [4.78, 5) is 10.9. The minimum Gasteiger partial charge on any atom is -0.464 e. The van der Waals surface area contributed by atoms with Crippen molar-refractivity contribution in [3.63, 3.8) is 0 Å². The van der Waals surface area contributed by atoms with Crippen molar-refractivity contribution in [2.24, 2.45) is 0 Å². The lowest BCUT2D eigenvalue weighted by Gasteiger charge is -2.18. The molecule has 0 unspecified atom stereocenters. The summed E-state index contributed by atoms with van der Waals surface area (Å²) >= 11 is 0. The van der Waals surface area contributed by atoms with Crippen LogP contribution in [0.1, 0.15) is 13.3 Å². The average molecular weight is 208 g/mol. The van der Waals surface area contributed by atoms with Crippen LogP contribution in [0.5, 0.6) is 0 Å². The molecule has 0 aromatic rings. The minimum absolute atomic E-state index is 0.102. The number of hydrogen-bond donors (Lipinski definition) is 4. The summed E-state index contributed by atoms with van der Waals surface area (Å²) in [6.07, 6.45) is -4.56. The van der Waals surface area contributed by atoms with Crippen molar-refractivity contribution in [3.8, 4) is 0 Å². The Kier molecular flexibility index (Phi) is 6.39. The number of aliphatic hydroxyl groups is 4. The number of carbonyl (C=O) groups excluding carboxylic acids is 1. The molecule has 6 nitrogen and oxygen atoms in total. The van der Waals surface area contributed by atoms with Gasteiger partial charge in [0.15, 0.2) is 6.10 Å². The van der Waals surface area contributed by atoms with Crippen molar-refractivity contribution < 1.29 is 30.0 Å². The first-order valence-electron chi connectivity index (χ1n) is 4.34. The molecule has 0 aromatic heterocycles. The maximum atomic E-state index is 10.9. The predicted octanol–water partition coefficient (Wildman–Crippen LogP) is -1.99. The highest BCUT2D eigenvalue weighted by atomic mass is 16.5. The van der Waals surface area contributed by atoms with Gasteiger partial charge in [-0.3, -0.25) is 0 Å². The lowest BCUT2D eigenvalue weighted by atomic mass is 10.1. The highest BCUT2D eigenvalue weighted by Crippen LogP contribution is 2.04. The molecule has 0 aliphatic heterocycles. The first-order valence-corrected chi connectivity index (χ1v) is 4.34. The van der Waals surface area contributed by atoms with Crippen LogP contribution < -0.4 is 0 Å². The van der Waals surface area contributed by atoms with Crippen LogP contribution >= 0.6 is 0 Å². The quantitative estimate of drug-likeness (QED) is 0.377. The summed E-state index contributed by atoms with van der Waals surface area (Å²) in [7, 11) is 0. The molecular weight excluding hydrogens is 192 g/mol. The molecule has 0 aliphatic rings. The van der Waals surface area contributed by atoms with Crippen LogP contribution in [0.15, 0.2) is 0 Å². The van der Waals surface area contributed by atoms with Gasteiger partial charge in [-0.15, -0.1) is 0 Å². The summed E-state index contributed by atoms with van der Waals surface area (Å²) in [5.41, 5.74) is 0. The van der Waals surface area contributed by atoms with Crippen LogP contribution in [0, 0.1) is 0 Å². The van der Waals surface area contributed by atoms with E-state index in [-0.39, 0.29) is 13.0 Å². The molecular formula is C8H16O6. The van der Waals surface area contributed by atoms with Gasteiger partial charge in [0.25, 0.3) is 0 Å². The Hall–Kier alpha value is -0.690. The van der Waals surface area contributed by atoms with E-state index in [1.807, 2.05) is 0 Å². The van der Waals surface area contributed by atoms with Crippen LogP contribution in [0.2, 0.25) is 0 Å². The fourth-order valence-corrected chi connectivity index (χ4v) is 0.867. The van der Waals surface area contributed by atoms with Crippen LogP contribution in [0.4, 0.5) is 0 Å². The monoisotopic (exact) mass is 208 g/mol. The molecule has 0 aliphatic carbocycles. The lowest BCUT2D eigenvalue weighted by Crippen LogP contribution is -2.38. The molecule has 0 radical (unpaired) electrons. The van der Waals surface area contributed by atoms with E-state index in [1.165, 1.54) is 0 Å². The lowest BCUT2D eigenvalue weighted by molar-refractivity contribution is -0.160. The van der Waals surface area contributed by atoms with Crippen LogP contribution in [-0.2, 0) is 9.53 Å². The normalized spacial score (nSPS) is 17.2. The molecule has 0 saturated heterocycles. The highest BCUT2D eigenvalue weighted by molar-refractivity contribution is 5.75. The summed E-state index contributed by atoms with van der Waals surface area (Å²) < 4.78 is 4.45. The fraction of sp³-hybridized carbons (Fsp3) is 0.875. The minimum atomic E-state index is -1.68. The molecule has 0 aromatic carbocycles.